The number of benzene rings is 1. The Bertz CT molecular complexity index is 457. The van der Waals surface area contributed by atoms with Gasteiger partial charge in [-0.3, -0.25) is 10.1 Å². The molecule has 5 nitrogen and oxygen atoms in total. The number of carbonyl (C=O) groups excluding carboxylic acids is 1. The largest absolute Gasteiger partial charge is 0.481 e. The van der Waals surface area contributed by atoms with Gasteiger partial charge in [0.2, 0.25) is 0 Å². The lowest BCUT2D eigenvalue weighted by Crippen LogP contribution is -2.14. The van der Waals surface area contributed by atoms with E-state index in [-0.39, 0.29) is 13.0 Å². The van der Waals surface area contributed by atoms with Gasteiger partial charge in [-0.1, -0.05) is 30.9 Å². The Balaban J connectivity index is 2.59. The monoisotopic (exact) mass is 263 g/mol. The maximum absolute atomic E-state index is 11.4. The topological polar surface area (TPSA) is 75.6 Å². The van der Waals surface area contributed by atoms with Crippen LogP contribution in [0.3, 0.4) is 0 Å². The van der Waals surface area contributed by atoms with E-state index in [1.807, 2.05) is 12.1 Å². The van der Waals surface area contributed by atoms with Crippen molar-refractivity contribution in [3.05, 3.63) is 42.5 Å². The molecule has 2 N–H and O–H groups in total. The Hall–Kier alpha value is -2.30. The first-order chi connectivity index (χ1) is 9.13. The van der Waals surface area contributed by atoms with Gasteiger partial charge in [-0.05, 0) is 24.5 Å². The number of carboxylic acids is 1. The highest BCUT2D eigenvalue weighted by Gasteiger charge is 2.07. The smallest absolute Gasteiger partial charge is 0.411 e. The number of hydrogen-bond acceptors (Lipinski definition) is 3. The van der Waals surface area contributed by atoms with Gasteiger partial charge in [0, 0.05) is 12.1 Å². The van der Waals surface area contributed by atoms with Crippen molar-refractivity contribution in [1.29, 1.82) is 0 Å². The highest BCUT2D eigenvalue weighted by Crippen LogP contribution is 2.17. The highest BCUT2D eigenvalue weighted by atomic mass is 16.5. The lowest BCUT2D eigenvalue weighted by atomic mass is 10.1. The number of hydrogen-bond donors (Lipinski definition) is 2. The van der Waals surface area contributed by atoms with Gasteiger partial charge in [-0.15, -0.1) is 0 Å². The first-order valence-electron chi connectivity index (χ1n) is 5.98. The van der Waals surface area contributed by atoms with Crippen LogP contribution < -0.4 is 5.32 Å². The van der Waals surface area contributed by atoms with Crippen LogP contribution in [0, 0.1) is 0 Å². The molecule has 0 aliphatic heterocycles. The van der Waals surface area contributed by atoms with Crippen LogP contribution in [0.4, 0.5) is 10.5 Å². The van der Waals surface area contributed by atoms with Crippen LogP contribution in [0.15, 0.2) is 36.9 Å². The fraction of sp³-hybridized carbons (Fsp3) is 0.286. The standard InChI is InChI=1S/C14H17NO4/c1-2-10-19-14(18)15-12-8-4-3-6-11(12)7-5-9-13(16)17/h2-4,6,8H,1,5,7,9-10H2,(H,15,18)(H,16,17). The van der Waals surface area contributed by atoms with Crippen molar-refractivity contribution in [2.75, 3.05) is 11.9 Å². The highest BCUT2D eigenvalue weighted by molar-refractivity contribution is 5.85. The summed E-state index contributed by atoms with van der Waals surface area (Å²) in [6.45, 7) is 3.60. The first kappa shape index (κ1) is 14.8. The van der Waals surface area contributed by atoms with E-state index in [0.29, 0.717) is 18.5 Å². The number of aryl methyl sites for hydroxylation is 1. The summed E-state index contributed by atoms with van der Waals surface area (Å²) < 4.78 is 4.83. The molecule has 0 aliphatic carbocycles. The third-order valence-electron chi connectivity index (χ3n) is 2.42. The summed E-state index contributed by atoms with van der Waals surface area (Å²) in [7, 11) is 0. The third-order valence-corrected chi connectivity index (χ3v) is 2.42. The molecule has 0 aromatic heterocycles. The van der Waals surface area contributed by atoms with Crippen LogP contribution >= 0.6 is 0 Å². The number of amides is 1. The summed E-state index contributed by atoms with van der Waals surface area (Å²) in [4.78, 5) is 21.9. The summed E-state index contributed by atoms with van der Waals surface area (Å²) in [5, 5.41) is 11.2. The summed E-state index contributed by atoms with van der Waals surface area (Å²) >= 11 is 0. The molecule has 0 saturated heterocycles. The SMILES string of the molecule is C=CCOC(=O)Nc1ccccc1CCCC(=O)O. The molecule has 102 valence electrons. The predicted molar refractivity (Wildman–Crippen MR) is 72.2 cm³/mol. The molecule has 0 heterocycles. The summed E-state index contributed by atoms with van der Waals surface area (Å²) in [5.41, 5.74) is 1.53. The predicted octanol–water partition coefficient (Wildman–Crippen LogP) is 2.83. The van der Waals surface area contributed by atoms with Gasteiger partial charge in [-0.25, -0.2) is 4.79 Å². The zero-order valence-corrected chi connectivity index (χ0v) is 10.6. The minimum atomic E-state index is -0.823. The molecule has 1 aromatic rings. The Labute approximate surface area is 111 Å². The van der Waals surface area contributed by atoms with E-state index in [4.69, 9.17) is 9.84 Å². The molecule has 0 saturated carbocycles. The Kier molecular flexibility index (Phi) is 6.15. The number of anilines is 1. The molecule has 0 radical (unpaired) electrons. The van der Waals surface area contributed by atoms with Crippen molar-refractivity contribution in [2.24, 2.45) is 0 Å². The molecule has 0 aliphatic rings. The van der Waals surface area contributed by atoms with Gasteiger partial charge < -0.3 is 9.84 Å². The Morgan fingerprint density at radius 3 is 2.79 bits per heavy atom. The maximum Gasteiger partial charge on any atom is 0.411 e. The number of carboxylic acid groups (broad SMARTS) is 1. The molecule has 0 unspecified atom stereocenters. The van der Waals surface area contributed by atoms with Gasteiger partial charge >= 0.3 is 12.1 Å². The zero-order chi connectivity index (χ0) is 14.1. The number of para-hydroxylation sites is 1. The average Bonchev–Trinajstić information content (AvgIpc) is 2.38. The van der Waals surface area contributed by atoms with E-state index in [2.05, 4.69) is 11.9 Å². The fourth-order valence-corrected chi connectivity index (χ4v) is 1.57. The molecular weight excluding hydrogens is 246 g/mol. The van der Waals surface area contributed by atoms with Crippen LogP contribution in [-0.4, -0.2) is 23.8 Å². The van der Waals surface area contributed by atoms with Gasteiger partial charge in [0.1, 0.15) is 6.61 Å². The Morgan fingerprint density at radius 1 is 1.37 bits per heavy atom. The molecule has 0 atom stereocenters. The van der Waals surface area contributed by atoms with Crippen molar-refractivity contribution in [3.8, 4) is 0 Å². The molecule has 0 fully saturated rings. The van der Waals surface area contributed by atoms with Crippen molar-refractivity contribution < 1.29 is 19.4 Å². The van der Waals surface area contributed by atoms with E-state index >= 15 is 0 Å². The lowest BCUT2D eigenvalue weighted by molar-refractivity contribution is -0.137. The summed E-state index contributed by atoms with van der Waals surface area (Å²) in [6.07, 6.45) is 2.15. The number of ether oxygens (including phenoxy) is 1. The van der Waals surface area contributed by atoms with E-state index in [9.17, 15) is 9.59 Å². The lowest BCUT2D eigenvalue weighted by Gasteiger charge is -2.10. The second kappa shape index (κ2) is 7.92. The minimum Gasteiger partial charge on any atom is -0.481 e. The molecular formula is C14H17NO4. The van der Waals surface area contributed by atoms with E-state index in [1.54, 1.807) is 12.1 Å². The van der Waals surface area contributed by atoms with Crippen LogP contribution in [0.5, 0.6) is 0 Å². The van der Waals surface area contributed by atoms with Crippen molar-refractivity contribution >= 4 is 17.7 Å². The minimum absolute atomic E-state index is 0.106. The third kappa shape index (κ3) is 5.72. The molecule has 0 bridgehead atoms. The molecule has 1 rings (SSSR count). The first-order valence-corrected chi connectivity index (χ1v) is 5.98. The molecule has 1 aromatic carbocycles. The maximum atomic E-state index is 11.4. The van der Waals surface area contributed by atoms with Crippen LogP contribution in [-0.2, 0) is 16.0 Å². The molecule has 1 amide bonds. The normalized spacial score (nSPS) is 9.68. The van der Waals surface area contributed by atoms with Crippen molar-refractivity contribution in [3.63, 3.8) is 0 Å². The van der Waals surface area contributed by atoms with E-state index in [0.717, 1.165) is 5.56 Å². The van der Waals surface area contributed by atoms with Crippen molar-refractivity contribution in [1.82, 2.24) is 0 Å². The number of rotatable bonds is 7. The quantitative estimate of drug-likeness (QED) is 0.742. The summed E-state index contributed by atoms with van der Waals surface area (Å²) in [6, 6.07) is 7.25. The number of aliphatic carboxylic acids is 1. The second-order valence-corrected chi connectivity index (χ2v) is 3.92. The molecule has 0 spiro atoms. The molecule has 19 heavy (non-hydrogen) atoms. The zero-order valence-electron chi connectivity index (χ0n) is 10.6. The van der Waals surface area contributed by atoms with Gasteiger partial charge in [-0.2, -0.15) is 0 Å². The number of nitrogens with one attached hydrogen (secondary N) is 1. The fourth-order valence-electron chi connectivity index (χ4n) is 1.57. The average molecular weight is 263 g/mol. The van der Waals surface area contributed by atoms with Gasteiger partial charge in [0.05, 0.1) is 0 Å². The van der Waals surface area contributed by atoms with E-state index < -0.39 is 12.1 Å². The number of carbonyl (C=O) groups is 2. The van der Waals surface area contributed by atoms with Crippen molar-refractivity contribution in [2.45, 2.75) is 19.3 Å². The molecule has 5 heteroatoms. The van der Waals surface area contributed by atoms with Crippen LogP contribution in [0.25, 0.3) is 0 Å². The van der Waals surface area contributed by atoms with Crippen LogP contribution in [0.1, 0.15) is 18.4 Å². The van der Waals surface area contributed by atoms with E-state index in [1.165, 1.54) is 6.08 Å². The van der Waals surface area contributed by atoms with Crippen LogP contribution in [0.2, 0.25) is 0 Å². The van der Waals surface area contributed by atoms with Gasteiger partial charge in [0.25, 0.3) is 0 Å². The van der Waals surface area contributed by atoms with Gasteiger partial charge in [0.15, 0.2) is 0 Å². The Morgan fingerprint density at radius 2 is 2.11 bits per heavy atom. The summed E-state index contributed by atoms with van der Waals surface area (Å²) in [5.74, 6) is -0.823. The second-order valence-electron chi connectivity index (χ2n) is 3.92.